The van der Waals surface area contributed by atoms with Gasteiger partial charge in [0.15, 0.2) is 0 Å². The van der Waals surface area contributed by atoms with Crippen molar-refractivity contribution in [3.05, 3.63) is 34.3 Å². The highest BCUT2D eigenvalue weighted by Gasteiger charge is 2.20. The van der Waals surface area contributed by atoms with E-state index in [4.69, 9.17) is 16.7 Å². The summed E-state index contributed by atoms with van der Waals surface area (Å²) in [6, 6.07) is 5.92. The van der Waals surface area contributed by atoms with E-state index in [1.165, 1.54) is 5.56 Å². The van der Waals surface area contributed by atoms with Crippen molar-refractivity contribution in [1.82, 2.24) is 5.32 Å². The Morgan fingerprint density at radius 3 is 3.15 bits per heavy atom. The number of hydrogen-bond acceptors (Lipinski definition) is 2. The molecule has 0 aliphatic carbocycles. The number of rotatable bonds is 1. The largest absolute Gasteiger partial charge is 0.394 e. The maximum absolute atomic E-state index is 9.14. The maximum atomic E-state index is 9.14. The van der Waals surface area contributed by atoms with E-state index in [9.17, 15) is 0 Å². The van der Waals surface area contributed by atoms with Crippen LogP contribution >= 0.6 is 11.6 Å². The zero-order chi connectivity index (χ0) is 9.26. The fourth-order valence-electron chi connectivity index (χ4n) is 1.83. The summed E-state index contributed by atoms with van der Waals surface area (Å²) in [6.45, 7) is 1.02. The number of benzene rings is 1. The average molecular weight is 198 g/mol. The Morgan fingerprint density at radius 2 is 2.38 bits per heavy atom. The molecule has 2 nitrogen and oxygen atoms in total. The van der Waals surface area contributed by atoms with Crippen LogP contribution in [0.2, 0.25) is 5.02 Å². The lowest BCUT2D eigenvalue weighted by Gasteiger charge is -2.26. The van der Waals surface area contributed by atoms with Gasteiger partial charge in [-0.1, -0.05) is 23.7 Å². The molecule has 2 rings (SSSR count). The molecule has 1 heterocycles. The Balaban J connectivity index is 2.47. The number of hydrogen-bond donors (Lipinski definition) is 2. The second kappa shape index (κ2) is 3.66. The van der Waals surface area contributed by atoms with E-state index < -0.39 is 0 Å². The molecule has 1 atom stereocenters. The summed E-state index contributed by atoms with van der Waals surface area (Å²) in [4.78, 5) is 0. The predicted molar refractivity (Wildman–Crippen MR) is 53.0 cm³/mol. The lowest BCUT2D eigenvalue weighted by atomic mass is 9.95. The van der Waals surface area contributed by atoms with Crippen molar-refractivity contribution in [2.45, 2.75) is 12.5 Å². The van der Waals surface area contributed by atoms with E-state index in [0.29, 0.717) is 0 Å². The van der Waals surface area contributed by atoms with Crippen LogP contribution in [0.15, 0.2) is 18.2 Å². The van der Waals surface area contributed by atoms with Crippen molar-refractivity contribution in [2.75, 3.05) is 13.2 Å². The van der Waals surface area contributed by atoms with Gasteiger partial charge in [0.2, 0.25) is 0 Å². The predicted octanol–water partition coefficient (Wildman–Crippen LogP) is 1.52. The van der Waals surface area contributed by atoms with Crippen LogP contribution in [0.5, 0.6) is 0 Å². The van der Waals surface area contributed by atoms with E-state index in [1.54, 1.807) is 0 Å². The molecule has 0 fully saturated rings. The maximum Gasteiger partial charge on any atom is 0.0627 e. The Labute approximate surface area is 82.5 Å². The molecule has 0 aromatic heterocycles. The molecule has 0 unspecified atom stereocenters. The van der Waals surface area contributed by atoms with Crippen molar-refractivity contribution in [2.24, 2.45) is 0 Å². The first-order valence-electron chi connectivity index (χ1n) is 4.44. The lowest BCUT2D eigenvalue weighted by Crippen LogP contribution is -2.32. The number of halogens is 1. The molecule has 1 aliphatic rings. The molecule has 3 heteroatoms. The smallest absolute Gasteiger partial charge is 0.0627 e. The van der Waals surface area contributed by atoms with Gasteiger partial charge in [0.05, 0.1) is 12.6 Å². The standard InChI is InChI=1S/C10H12ClNO/c11-8-3-1-2-7-4-5-12-9(6-13)10(7)8/h1-3,9,12-13H,4-6H2/t9-/m1/s1. The van der Waals surface area contributed by atoms with Gasteiger partial charge in [-0.05, 0) is 30.2 Å². The summed E-state index contributed by atoms with van der Waals surface area (Å²) in [6.07, 6.45) is 0.992. The highest BCUT2D eigenvalue weighted by Crippen LogP contribution is 2.29. The summed E-state index contributed by atoms with van der Waals surface area (Å²) >= 11 is 6.06. The van der Waals surface area contributed by atoms with Crippen LogP contribution < -0.4 is 5.32 Å². The SMILES string of the molecule is OC[C@H]1NCCc2cccc(Cl)c21. The molecule has 1 aliphatic heterocycles. The summed E-state index contributed by atoms with van der Waals surface area (Å²) in [5.74, 6) is 0. The molecule has 0 spiro atoms. The number of nitrogens with one attached hydrogen (secondary N) is 1. The Morgan fingerprint density at radius 1 is 1.54 bits per heavy atom. The third-order valence-electron chi connectivity index (χ3n) is 2.46. The molecule has 0 amide bonds. The average Bonchev–Trinajstić information content (AvgIpc) is 2.17. The first kappa shape index (κ1) is 9.00. The minimum atomic E-state index is 0.0115. The first-order valence-corrected chi connectivity index (χ1v) is 4.82. The van der Waals surface area contributed by atoms with Crippen LogP contribution in [0, 0.1) is 0 Å². The van der Waals surface area contributed by atoms with Crippen LogP contribution in [-0.4, -0.2) is 18.3 Å². The molecule has 0 bridgehead atoms. The van der Waals surface area contributed by atoms with Crippen molar-refractivity contribution >= 4 is 11.6 Å². The van der Waals surface area contributed by atoms with E-state index in [1.807, 2.05) is 12.1 Å². The zero-order valence-corrected chi connectivity index (χ0v) is 8.01. The summed E-state index contributed by atoms with van der Waals surface area (Å²) in [5.41, 5.74) is 2.32. The van der Waals surface area contributed by atoms with Crippen molar-refractivity contribution in [3.63, 3.8) is 0 Å². The van der Waals surface area contributed by atoms with Gasteiger partial charge in [0, 0.05) is 5.02 Å². The summed E-state index contributed by atoms with van der Waals surface area (Å²) < 4.78 is 0. The molecular weight excluding hydrogens is 186 g/mol. The van der Waals surface area contributed by atoms with Gasteiger partial charge >= 0.3 is 0 Å². The van der Waals surface area contributed by atoms with Crippen LogP contribution in [0.25, 0.3) is 0 Å². The van der Waals surface area contributed by atoms with E-state index in [0.717, 1.165) is 23.6 Å². The molecule has 0 radical (unpaired) electrons. The molecule has 1 aromatic rings. The molecule has 0 saturated carbocycles. The number of fused-ring (bicyclic) bond motifs is 1. The molecule has 70 valence electrons. The van der Waals surface area contributed by atoms with Gasteiger partial charge in [-0.3, -0.25) is 0 Å². The third-order valence-corrected chi connectivity index (χ3v) is 2.79. The second-order valence-corrected chi connectivity index (χ2v) is 3.66. The van der Waals surface area contributed by atoms with Gasteiger partial charge in [0.25, 0.3) is 0 Å². The fraction of sp³-hybridized carbons (Fsp3) is 0.400. The molecular formula is C10H12ClNO. The van der Waals surface area contributed by atoms with E-state index in [-0.39, 0.29) is 12.6 Å². The first-order chi connectivity index (χ1) is 6.33. The van der Waals surface area contributed by atoms with E-state index in [2.05, 4.69) is 11.4 Å². The molecule has 13 heavy (non-hydrogen) atoms. The van der Waals surface area contributed by atoms with Crippen LogP contribution in [0.3, 0.4) is 0 Å². The number of aliphatic hydroxyl groups is 1. The number of aliphatic hydroxyl groups excluding tert-OH is 1. The van der Waals surface area contributed by atoms with Crippen molar-refractivity contribution in [1.29, 1.82) is 0 Å². The van der Waals surface area contributed by atoms with Gasteiger partial charge < -0.3 is 10.4 Å². The molecule has 2 N–H and O–H groups in total. The zero-order valence-electron chi connectivity index (χ0n) is 7.26. The van der Waals surface area contributed by atoms with Crippen LogP contribution in [0.4, 0.5) is 0 Å². The highest BCUT2D eigenvalue weighted by atomic mass is 35.5. The Hall–Kier alpha value is -0.570. The topological polar surface area (TPSA) is 32.3 Å². The fourth-order valence-corrected chi connectivity index (χ4v) is 2.15. The Kier molecular flexibility index (Phi) is 2.54. The molecule has 1 aromatic carbocycles. The minimum absolute atomic E-state index is 0.0115. The molecule has 0 saturated heterocycles. The summed E-state index contributed by atoms with van der Waals surface area (Å²) in [7, 11) is 0. The van der Waals surface area contributed by atoms with Gasteiger partial charge in [0.1, 0.15) is 0 Å². The Bertz CT molecular complexity index is 314. The van der Waals surface area contributed by atoms with Crippen LogP contribution in [-0.2, 0) is 6.42 Å². The van der Waals surface area contributed by atoms with Gasteiger partial charge in [-0.15, -0.1) is 0 Å². The normalized spacial score (nSPS) is 21.2. The van der Waals surface area contributed by atoms with Crippen LogP contribution in [0.1, 0.15) is 17.2 Å². The highest BCUT2D eigenvalue weighted by molar-refractivity contribution is 6.31. The minimum Gasteiger partial charge on any atom is -0.394 e. The lowest BCUT2D eigenvalue weighted by molar-refractivity contribution is 0.240. The van der Waals surface area contributed by atoms with Gasteiger partial charge in [-0.25, -0.2) is 0 Å². The van der Waals surface area contributed by atoms with Crippen molar-refractivity contribution in [3.8, 4) is 0 Å². The summed E-state index contributed by atoms with van der Waals surface area (Å²) in [5, 5.41) is 13.1. The monoisotopic (exact) mass is 197 g/mol. The third kappa shape index (κ3) is 1.57. The van der Waals surface area contributed by atoms with E-state index >= 15 is 0 Å². The quantitative estimate of drug-likeness (QED) is 0.716. The second-order valence-electron chi connectivity index (χ2n) is 3.25. The van der Waals surface area contributed by atoms with Gasteiger partial charge in [-0.2, -0.15) is 0 Å². The van der Waals surface area contributed by atoms with Crippen molar-refractivity contribution < 1.29 is 5.11 Å².